The van der Waals surface area contributed by atoms with Crippen molar-refractivity contribution >= 4 is 39.1 Å². The van der Waals surface area contributed by atoms with E-state index in [0.29, 0.717) is 15.6 Å². The van der Waals surface area contributed by atoms with E-state index in [9.17, 15) is 4.39 Å². The maximum atomic E-state index is 13.6. The molecule has 0 saturated carbocycles. The molecule has 0 aromatic heterocycles. The first-order chi connectivity index (χ1) is 9.93. The van der Waals surface area contributed by atoms with Crippen molar-refractivity contribution in [3.05, 3.63) is 67.4 Å². The molecule has 0 fully saturated rings. The molecular weight excluding hydrogens is 376 g/mol. The van der Waals surface area contributed by atoms with Crippen LogP contribution in [0, 0.1) is 12.7 Å². The SMILES string of the molecule is CCNC(c1ccc(Br)c(Cl)c1)c1cc(C)c(F)cc1Cl. The van der Waals surface area contributed by atoms with Crippen LogP contribution in [0.3, 0.4) is 0 Å². The molecule has 0 amide bonds. The molecule has 0 aliphatic heterocycles. The van der Waals surface area contributed by atoms with E-state index in [-0.39, 0.29) is 11.9 Å². The molecule has 1 atom stereocenters. The maximum Gasteiger partial charge on any atom is 0.127 e. The topological polar surface area (TPSA) is 12.0 Å². The van der Waals surface area contributed by atoms with Gasteiger partial charge in [0, 0.05) is 9.50 Å². The Morgan fingerprint density at radius 3 is 2.52 bits per heavy atom. The molecule has 1 nitrogen and oxygen atoms in total. The molecule has 5 heteroatoms. The fourth-order valence-electron chi connectivity index (χ4n) is 2.20. The summed E-state index contributed by atoms with van der Waals surface area (Å²) in [6, 6.07) is 8.75. The summed E-state index contributed by atoms with van der Waals surface area (Å²) in [4.78, 5) is 0. The monoisotopic (exact) mass is 389 g/mol. The Hall–Kier alpha value is -0.610. The van der Waals surface area contributed by atoms with E-state index in [2.05, 4.69) is 21.2 Å². The molecule has 0 heterocycles. The summed E-state index contributed by atoms with van der Waals surface area (Å²) in [5.74, 6) is -0.298. The number of aryl methyl sites for hydroxylation is 1. The molecule has 2 rings (SSSR count). The van der Waals surface area contributed by atoms with Crippen molar-refractivity contribution in [1.82, 2.24) is 5.32 Å². The van der Waals surface area contributed by atoms with Crippen LogP contribution in [-0.4, -0.2) is 6.54 Å². The summed E-state index contributed by atoms with van der Waals surface area (Å²) in [5, 5.41) is 4.40. The lowest BCUT2D eigenvalue weighted by Crippen LogP contribution is -2.22. The highest BCUT2D eigenvalue weighted by Crippen LogP contribution is 2.33. The quantitative estimate of drug-likeness (QED) is 0.684. The molecule has 2 aromatic rings. The number of rotatable bonds is 4. The van der Waals surface area contributed by atoms with Gasteiger partial charge in [0.2, 0.25) is 0 Å². The molecule has 0 aliphatic carbocycles. The molecule has 0 saturated heterocycles. The van der Waals surface area contributed by atoms with Crippen LogP contribution in [0.5, 0.6) is 0 Å². The zero-order chi connectivity index (χ0) is 15.6. The van der Waals surface area contributed by atoms with Crippen LogP contribution in [-0.2, 0) is 0 Å². The average molecular weight is 391 g/mol. The number of hydrogen-bond donors (Lipinski definition) is 1. The Kier molecular flexibility index (Phi) is 5.67. The molecule has 0 radical (unpaired) electrons. The summed E-state index contributed by atoms with van der Waals surface area (Å²) in [5.41, 5.74) is 2.40. The molecule has 1 unspecified atom stereocenters. The Bertz CT molecular complexity index is 661. The van der Waals surface area contributed by atoms with Crippen molar-refractivity contribution in [2.45, 2.75) is 19.9 Å². The third kappa shape index (κ3) is 3.78. The second kappa shape index (κ2) is 7.10. The van der Waals surface area contributed by atoms with E-state index in [0.717, 1.165) is 22.1 Å². The van der Waals surface area contributed by atoms with Crippen LogP contribution in [0.1, 0.15) is 29.7 Å². The second-order valence-corrected chi connectivity index (χ2v) is 6.46. The van der Waals surface area contributed by atoms with Gasteiger partial charge in [0.15, 0.2) is 0 Å². The summed E-state index contributed by atoms with van der Waals surface area (Å²) in [7, 11) is 0. The first-order valence-electron chi connectivity index (χ1n) is 6.58. The van der Waals surface area contributed by atoms with Gasteiger partial charge in [-0.25, -0.2) is 4.39 Å². The zero-order valence-electron chi connectivity index (χ0n) is 11.7. The largest absolute Gasteiger partial charge is 0.306 e. The highest BCUT2D eigenvalue weighted by Gasteiger charge is 2.18. The van der Waals surface area contributed by atoms with E-state index in [1.807, 2.05) is 25.1 Å². The molecule has 0 aliphatic rings. The van der Waals surface area contributed by atoms with Crippen LogP contribution in [0.2, 0.25) is 10.0 Å². The minimum Gasteiger partial charge on any atom is -0.306 e. The van der Waals surface area contributed by atoms with Crippen molar-refractivity contribution < 1.29 is 4.39 Å². The van der Waals surface area contributed by atoms with Gasteiger partial charge in [0.25, 0.3) is 0 Å². The summed E-state index contributed by atoms with van der Waals surface area (Å²) >= 11 is 15.8. The lowest BCUT2D eigenvalue weighted by atomic mass is 9.97. The van der Waals surface area contributed by atoms with Gasteiger partial charge in [-0.05, 0) is 70.4 Å². The normalized spacial score (nSPS) is 12.5. The number of halogens is 4. The van der Waals surface area contributed by atoms with Gasteiger partial charge in [-0.2, -0.15) is 0 Å². The predicted molar refractivity (Wildman–Crippen MR) is 90.8 cm³/mol. The first-order valence-corrected chi connectivity index (χ1v) is 8.12. The third-order valence-corrected chi connectivity index (χ3v) is 4.83. The second-order valence-electron chi connectivity index (χ2n) is 4.79. The smallest absolute Gasteiger partial charge is 0.127 e. The Morgan fingerprint density at radius 2 is 1.90 bits per heavy atom. The molecule has 0 bridgehead atoms. The average Bonchev–Trinajstić information content (AvgIpc) is 2.44. The number of hydrogen-bond acceptors (Lipinski definition) is 1. The van der Waals surface area contributed by atoms with Crippen LogP contribution >= 0.6 is 39.1 Å². The lowest BCUT2D eigenvalue weighted by Gasteiger charge is -2.21. The van der Waals surface area contributed by atoms with Crippen molar-refractivity contribution in [3.63, 3.8) is 0 Å². The van der Waals surface area contributed by atoms with E-state index < -0.39 is 0 Å². The van der Waals surface area contributed by atoms with Crippen LogP contribution in [0.4, 0.5) is 4.39 Å². The van der Waals surface area contributed by atoms with Crippen LogP contribution < -0.4 is 5.32 Å². The molecule has 0 spiro atoms. The van der Waals surface area contributed by atoms with Crippen LogP contribution in [0.25, 0.3) is 0 Å². The zero-order valence-corrected chi connectivity index (χ0v) is 14.8. The number of benzene rings is 2. The van der Waals surface area contributed by atoms with E-state index in [1.54, 1.807) is 13.0 Å². The number of nitrogens with one attached hydrogen (secondary N) is 1. The van der Waals surface area contributed by atoms with Gasteiger partial charge in [0.05, 0.1) is 11.1 Å². The van der Waals surface area contributed by atoms with Gasteiger partial charge < -0.3 is 5.32 Å². The summed E-state index contributed by atoms with van der Waals surface area (Å²) in [6.45, 7) is 4.50. The van der Waals surface area contributed by atoms with Gasteiger partial charge >= 0.3 is 0 Å². The lowest BCUT2D eigenvalue weighted by molar-refractivity contribution is 0.606. The maximum absolute atomic E-state index is 13.6. The van der Waals surface area contributed by atoms with Gasteiger partial charge in [-0.3, -0.25) is 0 Å². The third-order valence-electron chi connectivity index (χ3n) is 3.27. The van der Waals surface area contributed by atoms with Gasteiger partial charge in [-0.15, -0.1) is 0 Å². The standard InChI is InChI=1S/C16H15BrCl2FN/c1-3-21-16(10-4-5-12(17)14(19)7-10)11-6-9(2)15(20)8-13(11)18/h4-8,16,21H,3H2,1-2H3. The van der Waals surface area contributed by atoms with E-state index in [4.69, 9.17) is 23.2 Å². The van der Waals surface area contributed by atoms with E-state index >= 15 is 0 Å². The van der Waals surface area contributed by atoms with Crippen LogP contribution in [0.15, 0.2) is 34.8 Å². The molecule has 112 valence electrons. The highest BCUT2D eigenvalue weighted by atomic mass is 79.9. The van der Waals surface area contributed by atoms with E-state index in [1.165, 1.54) is 6.07 Å². The minimum absolute atomic E-state index is 0.132. The van der Waals surface area contributed by atoms with Crippen molar-refractivity contribution in [1.29, 1.82) is 0 Å². The van der Waals surface area contributed by atoms with Gasteiger partial charge in [0.1, 0.15) is 5.82 Å². The summed E-state index contributed by atoms with van der Waals surface area (Å²) < 4.78 is 14.4. The van der Waals surface area contributed by atoms with Crippen molar-refractivity contribution in [3.8, 4) is 0 Å². The Morgan fingerprint density at radius 1 is 1.19 bits per heavy atom. The predicted octanol–water partition coefficient (Wildman–Crippen LogP) is 5.90. The molecular formula is C16H15BrCl2FN. The van der Waals surface area contributed by atoms with Crippen molar-refractivity contribution in [2.75, 3.05) is 6.54 Å². The molecule has 21 heavy (non-hydrogen) atoms. The minimum atomic E-state index is -0.298. The summed E-state index contributed by atoms with van der Waals surface area (Å²) in [6.07, 6.45) is 0. The highest BCUT2D eigenvalue weighted by molar-refractivity contribution is 9.10. The fourth-order valence-corrected chi connectivity index (χ4v) is 2.90. The first kappa shape index (κ1) is 16.8. The Balaban J connectivity index is 2.52. The molecule has 2 aromatic carbocycles. The molecule has 1 N–H and O–H groups in total. The van der Waals surface area contributed by atoms with Gasteiger partial charge in [-0.1, -0.05) is 36.2 Å². The van der Waals surface area contributed by atoms with Crippen molar-refractivity contribution in [2.24, 2.45) is 0 Å². The fraction of sp³-hybridized carbons (Fsp3) is 0.250. The Labute approximate surface area is 142 Å².